The average Bonchev–Trinajstić information content (AvgIpc) is 1.95. The van der Waals surface area contributed by atoms with Gasteiger partial charge in [0.2, 0.25) is 0 Å². The maximum Gasteiger partial charge on any atom is 0.136 e. The van der Waals surface area contributed by atoms with Gasteiger partial charge in [0.15, 0.2) is 0 Å². The molecule has 0 radical (unpaired) electrons. The maximum absolute atomic E-state index is 12.7. The maximum atomic E-state index is 12.7. The Bertz CT molecular complexity index is 233. The van der Waals surface area contributed by atoms with Gasteiger partial charge in [-0.2, -0.15) is 0 Å². The van der Waals surface area contributed by atoms with Gasteiger partial charge < -0.3 is 0 Å². The van der Waals surface area contributed by atoms with Gasteiger partial charge in [0.25, 0.3) is 0 Å². The summed E-state index contributed by atoms with van der Waals surface area (Å²) in [6.07, 6.45) is 0.866. The van der Waals surface area contributed by atoms with Crippen molar-refractivity contribution >= 4 is 12.6 Å². The van der Waals surface area contributed by atoms with Crippen molar-refractivity contribution in [3.05, 3.63) is 29.6 Å². The van der Waals surface area contributed by atoms with Crippen molar-refractivity contribution in [2.75, 3.05) is 0 Å². The Balaban J connectivity index is 3.04. The van der Waals surface area contributed by atoms with E-state index in [-0.39, 0.29) is 5.82 Å². The highest BCUT2D eigenvalue weighted by Gasteiger charge is 1.96. The van der Waals surface area contributed by atoms with Crippen LogP contribution in [-0.4, -0.2) is 0 Å². The Labute approximate surface area is 65.5 Å². The first kappa shape index (κ1) is 7.61. The molecule has 2 heteroatoms. The molecule has 0 aliphatic carbocycles. The van der Waals surface area contributed by atoms with Crippen LogP contribution in [0, 0.1) is 5.82 Å². The fourth-order valence-electron chi connectivity index (χ4n) is 0.770. The lowest BCUT2D eigenvalue weighted by Crippen LogP contribution is -1.82. The predicted molar refractivity (Wildman–Crippen MR) is 43.0 cm³/mol. The number of hydrogen-bond acceptors (Lipinski definition) is 1. The van der Waals surface area contributed by atoms with E-state index >= 15 is 0 Å². The molecule has 54 valence electrons. The van der Waals surface area contributed by atoms with E-state index in [0.717, 1.165) is 12.0 Å². The number of benzene rings is 1. The molecule has 1 aromatic rings. The van der Waals surface area contributed by atoms with E-state index in [1.54, 1.807) is 6.07 Å². The van der Waals surface area contributed by atoms with Crippen LogP contribution in [0.25, 0.3) is 0 Å². The molecule has 0 N–H and O–H groups in total. The molecule has 0 aliphatic heterocycles. The first-order valence-corrected chi connectivity index (χ1v) is 3.66. The molecule has 0 atom stereocenters. The molecule has 0 nitrogen and oxygen atoms in total. The Morgan fingerprint density at radius 1 is 1.50 bits per heavy atom. The van der Waals surface area contributed by atoms with E-state index in [1.165, 1.54) is 6.07 Å². The normalized spacial score (nSPS) is 9.90. The fourth-order valence-corrected chi connectivity index (χ4v) is 0.909. The molecule has 0 amide bonds. The monoisotopic (exact) mass is 156 g/mol. The molecule has 0 aliphatic rings. The Kier molecular flexibility index (Phi) is 2.33. The molecule has 0 aromatic heterocycles. The average molecular weight is 156 g/mol. The molecular weight excluding hydrogens is 147 g/mol. The van der Waals surface area contributed by atoms with Crippen molar-refractivity contribution in [3.63, 3.8) is 0 Å². The van der Waals surface area contributed by atoms with Crippen LogP contribution < -0.4 is 0 Å². The molecule has 10 heavy (non-hydrogen) atoms. The summed E-state index contributed by atoms with van der Waals surface area (Å²) in [5.41, 5.74) is 1.01. The number of hydrogen-bond donors (Lipinski definition) is 1. The topological polar surface area (TPSA) is 0 Å². The minimum Gasteiger partial charge on any atom is -0.206 e. The second-order valence-electron chi connectivity index (χ2n) is 2.14. The van der Waals surface area contributed by atoms with Gasteiger partial charge in [0, 0.05) is 4.90 Å². The summed E-state index contributed by atoms with van der Waals surface area (Å²) >= 11 is 3.91. The van der Waals surface area contributed by atoms with Gasteiger partial charge in [-0.3, -0.25) is 0 Å². The molecule has 0 unspecified atom stereocenters. The van der Waals surface area contributed by atoms with Crippen molar-refractivity contribution in [3.8, 4) is 0 Å². The molecule has 0 bridgehead atoms. The van der Waals surface area contributed by atoms with Crippen LogP contribution in [0.15, 0.2) is 23.1 Å². The summed E-state index contributed by atoms with van der Waals surface area (Å²) in [5, 5.41) is 0. The van der Waals surface area contributed by atoms with Crippen LogP contribution in [0.5, 0.6) is 0 Å². The molecule has 0 spiro atoms. The Hall–Kier alpha value is -0.500. The molecular formula is C8H9FS. The van der Waals surface area contributed by atoms with Gasteiger partial charge >= 0.3 is 0 Å². The number of halogens is 1. The highest BCUT2D eigenvalue weighted by Crippen LogP contribution is 2.13. The second kappa shape index (κ2) is 3.06. The van der Waals surface area contributed by atoms with Crippen LogP contribution in [0.4, 0.5) is 4.39 Å². The number of aryl methyl sites for hydroxylation is 1. The van der Waals surface area contributed by atoms with Crippen LogP contribution in [0.2, 0.25) is 0 Å². The van der Waals surface area contributed by atoms with Gasteiger partial charge in [-0.25, -0.2) is 4.39 Å². The third-order valence-corrected chi connectivity index (χ3v) is 1.78. The lowest BCUT2D eigenvalue weighted by Gasteiger charge is -1.97. The largest absolute Gasteiger partial charge is 0.206 e. The van der Waals surface area contributed by atoms with E-state index in [1.807, 2.05) is 13.0 Å². The van der Waals surface area contributed by atoms with E-state index in [2.05, 4.69) is 12.6 Å². The van der Waals surface area contributed by atoms with Crippen LogP contribution in [0.1, 0.15) is 12.5 Å². The molecule has 1 aromatic carbocycles. The van der Waals surface area contributed by atoms with Gasteiger partial charge in [0.05, 0.1) is 0 Å². The van der Waals surface area contributed by atoms with Crippen molar-refractivity contribution in [1.29, 1.82) is 0 Å². The fraction of sp³-hybridized carbons (Fsp3) is 0.250. The summed E-state index contributed by atoms with van der Waals surface area (Å²) in [5.74, 6) is -0.234. The minimum atomic E-state index is -0.234. The standard InChI is InChI=1S/C8H9FS/c1-2-6-3-4-8(10)7(9)5-6/h3-5,10H,2H2,1H3. The predicted octanol–water partition coefficient (Wildman–Crippen LogP) is 2.68. The zero-order valence-electron chi connectivity index (χ0n) is 5.76. The van der Waals surface area contributed by atoms with E-state index < -0.39 is 0 Å². The Morgan fingerprint density at radius 2 is 2.20 bits per heavy atom. The highest BCUT2D eigenvalue weighted by molar-refractivity contribution is 7.80. The zero-order valence-corrected chi connectivity index (χ0v) is 6.66. The first-order chi connectivity index (χ1) is 4.74. The van der Waals surface area contributed by atoms with Gasteiger partial charge in [-0.05, 0) is 24.1 Å². The molecule has 0 saturated heterocycles. The summed E-state index contributed by atoms with van der Waals surface area (Å²) in [6, 6.07) is 5.07. The molecule has 1 rings (SSSR count). The van der Waals surface area contributed by atoms with Gasteiger partial charge in [-0.1, -0.05) is 13.0 Å². The SMILES string of the molecule is CCc1ccc(S)c(F)c1. The van der Waals surface area contributed by atoms with Crippen molar-refractivity contribution in [2.24, 2.45) is 0 Å². The third kappa shape index (κ3) is 1.51. The molecule has 0 heterocycles. The smallest absolute Gasteiger partial charge is 0.136 e. The van der Waals surface area contributed by atoms with Crippen molar-refractivity contribution in [2.45, 2.75) is 18.2 Å². The Morgan fingerprint density at radius 3 is 2.70 bits per heavy atom. The molecule has 0 fully saturated rings. The van der Waals surface area contributed by atoms with Gasteiger partial charge in [0.1, 0.15) is 5.82 Å². The minimum absolute atomic E-state index is 0.234. The number of rotatable bonds is 1. The van der Waals surface area contributed by atoms with E-state index in [0.29, 0.717) is 4.90 Å². The lowest BCUT2D eigenvalue weighted by atomic mass is 10.2. The van der Waals surface area contributed by atoms with Crippen LogP contribution >= 0.6 is 12.6 Å². The van der Waals surface area contributed by atoms with Crippen molar-refractivity contribution in [1.82, 2.24) is 0 Å². The quantitative estimate of drug-likeness (QED) is 0.594. The summed E-state index contributed by atoms with van der Waals surface area (Å²) in [4.78, 5) is 0.414. The summed E-state index contributed by atoms with van der Waals surface area (Å²) in [6.45, 7) is 1.99. The van der Waals surface area contributed by atoms with E-state index in [9.17, 15) is 4.39 Å². The summed E-state index contributed by atoms with van der Waals surface area (Å²) < 4.78 is 12.7. The zero-order chi connectivity index (χ0) is 7.56. The highest BCUT2D eigenvalue weighted by atomic mass is 32.1. The lowest BCUT2D eigenvalue weighted by molar-refractivity contribution is 0.600. The first-order valence-electron chi connectivity index (χ1n) is 3.21. The van der Waals surface area contributed by atoms with E-state index in [4.69, 9.17) is 0 Å². The van der Waals surface area contributed by atoms with Crippen LogP contribution in [-0.2, 0) is 6.42 Å². The number of thiol groups is 1. The second-order valence-corrected chi connectivity index (χ2v) is 2.62. The van der Waals surface area contributed by atoms with Crippen molar-refractivity contribution < 1.29 is 4.39 Å². The third-order valence-electron chi connectivity index (χ3n) is 1.42. The van der Waals surface area contributed by atoms with Gasteiger partial charge in [-0.15, -0.1) is 12.6 Å². The summed E-state index contributed by atoms with van der Waals surface area (Å²) in [7, 11) is 0. The van der Waals surface area contributed by atoms with Crippen LogP contribution in [0.3, 0.4) is 0 Å². The molecule has 0 saturated carbocycles.